The summed E-state index contributed by atoms with van der Waals surface area (Å²) in [6.45, 7) is 9.93. The van der Waals surface area contributed by atoms with E-state index >= 15 is 0 Å². The summed E-state index contributed by atoms with van der Waals surface area (Å²) in [5.41, 5.74) is 3.10. The molecule has 4 rings (SSSR count). The van der Waals surface area contributed by atoms with Gasteiger partial charge in [-0.15, -0.1) is 0 Å². The fourth-order valence-electron chi connectivity index (χ4n) is 5.19. The number of carbonyl (C=O) groups is 3. The average Bonchev–Trinajstić information content (AvgIpc) is 3.38. The Morgan fingerprint density at radius 1 is 0.864 bits per heavy atom. The molecule has 0 saturated carbocycles. The molecule has 44 heavy (non-hydrogen) atoms. The zero-order chi connectivity index (χ0) is 31.7. The van der Waals surface area contributed by atoms with Gasteiger partial charge in [-0.1, -0.05) is 74.5 Å². The number of Topliss-reactive ketones (excluding diaryl/α,β-unsaturated/α-hetero) is 1. The summed E-state index contributed by atoms with van der Waals surface area (Å²) in [5.74, 6) is -0.641. The molecular weight excluding hydrogens is 552 g/mol. The van der Waals surface area contributed by atoms with Crippen LogP contribution >= 0.6 is 0 Å². The minimum absolute atomic E-state index is 0.0358. The van der Waals surface area contributed by atoms with Gasteiger partial charge in [-0.2, -0.15) is 0 Å². The Balaban J connectivity index is 1.44. The van der Waals surface area contributed by atoms with E-state index in [1.807, 2.05) is 120 Å². The molecular formula is C37H44N2O5. The molecule has 232 valence electrons. The maximum atomic E-state index is 13.7. The van der Waals surface area contributed by atoms with Gasteiger partial charge < -0.3 is 19.8 Å². The quantitative estimate of drug-likeness (QED) is 0.153. The highest BCUT2D eigenvalue weighted by Crippen LogP contribution is 2.23. The number of carbonyl (C=O) groups excluding carboxylic acids is 3. The highest BCUT2D eigenvalue weighted by atomic mass is 16.6. The van der Waals surface area contributed by atoms with E-state index in [0.29, 0.717) is 19.4 Å². The summed E-state index contributed by atoms with van der Waals surface area (Å²) in [4.78, 5) is 43.4. The van der Waals surface area contributed by atoms with Gasteiger partial charge in [0.05, 0.1) is 18.4 Å². The Labute approximate surface area is 260 Å². The third-order valence-electron chi connectivity index (χ3n) is 7.30. The SMILES string of the molecule is CC(C)CC(NC(=O)Cc1c[nH]c2ccccc12)C(=O)CC(Cc1ccc(OCc2ccccc2)cc1)C(=O)OC(C)(C)C. The molecule has 4 aromatic rings. The van der Waals surface area contributed by atoms with Gasteiger partial charge in [0, 0.05) is 23.5 Å². The monoisotopic (exact) mass is 596 g/mol. The van der Waals surface area contributed by atoms with Gasteiger partial charge in [0.15, 0.2) is 5.78 Å². The zero-order valence-electron chi connectivity index (χ0n) is 26.4. The molecule has 2 unspecified atom stereocenters. The number of rotatable bonds is 14. The van der Waals surface area contributed by atoms with Crippen molar-refractivity contribution in [1.29, 1.82) is 0 Å². The van der Waals surface area contributed by atoms with Gasteiger partial charge in [-0.25, -0.2) is 0 Å². The van der Waals surface area contributed by atoms with Crippen molar-refractivity contribution in [1.82, 2.24) is 10.3 Å². The van der Waals surface area contributed by atoms with Gasteiger partial charge >= 0.3 is 5.97 Å². The van der Waals surface area contributed by atoms with Gasteiger partial charge in [-0.3, -0.25) is 14.4 Å². The van der Waals surface area contributed by atoms with E-state index in [1.165, 1.54) is 0 Å². The number of hydrogen-bond donors (Lipinski definition) is 2. The van der Waals surface area contributed by atoms with E-state index in [1.54, 1.807) is 0 Å². The topological polar surface area (TPSA) is 97.5 Å². The molecule has 1 amide bonds. The molecule has 0 saturated heterocycles. The summed E-state index contributed by atoms with van der Waals surface area (Å²) in [5, 5.41) is 3.95. The van der Waals surface area contributed by atoms with Crippen LogP contribution in [0.4, 0.5) is 0 Å². The van der Waals surface area contributed by atoms with E-state index in [4.69, 9.17) is 9.47 Å². The lowest BCUT2D eigenvalue weighted by Crippen LogP contribution is -2.44. The van der Waals surface area contributed by atoms with Crippen molar-refractivity contribution in [2.75, 3.05) is 0 Å². The normalized spacial score (nSPS) is 13.0. The molecule has 7 heteroatoms. The van der Waals surface area contributed by atoms with Crippen LogP contribution in [0.5, 0.6) is 5.75 Å². The van der Waals surface area contributed by atoms with Crippen molar-refractivity contribution in [3.05, 3.63) is 102 Å². The second-order valence-electron chi connectivity index (χ2n) is 12.8. The zero-order valence-corrected chi connectivity index (χ0v) is 26.4. The molecule has 0 aliphatic rings. The first-order valence-corrected chi connectivity index (χ1v) is 15.3. The summed E-state index contributed by atoms with van der Waals surface area (Å²) in [7, 11) is 0. The maximum absolute atomic E-state index is 13.7. The summed E-state index contributed by atoms with van der Waals surface area (Å²) in [6, 6.07) is 24.6. The van der Waals surface area contributed by atoms with Crippen LogP contribution in [0.2, 0.25) is 0 Å². The Bertz CT molecular complexity index is 1530. The number of ether oxygens (including phenoxy) is 2. The Hall–Kier alpha value is -4.39. The predicted octanol–water partition coefficient (Wildman–Crippen LogP) is 6.98. The van der Waals surface area contributed by atoms with Crippen LogP contribution in [0.25, 0.3) is 10.9 Å². The molecule has 0 aliphatic carbocycles. The van der Waals surface area contributed by atoms with Crippen molar-refractivity contribution in [2.45, 2.75) is 78.6 Å². The van der Waals surface area contributed by atoms with E-state index in [9.17, 15) is 14.4 Å². The number of para-hydroxylation sites is 1. The van der Waals surface area contributed by atoms with Crippen LogP contribution in [0.15, 0.2) is 85.1 Å². The van der Waals surface area contributed by atoms with Crippen LogP contribution in [0.1, 0.15) is 64.2 Å². The maximum Gasteiger partial charge on any atom is 0.310 e. The van der Waals surface area contributed by atoms with Crippen LogP contribution in [-0.2, 0) is 38.6 Å². The van der Waals surface area contributed by atoms with Crippen molar-refractivity contribution in [2.24, 2.45) is 11.8 Å². The number of fused-ring (bicyclic) bond motifs is 1. The number of aromatic nitrogens is 1. The van der Waals surface area contributed by atoms with Crippen LogP contribution < -0.4 is 10.1 Å². The number of esters is 1. The molecule has 0 spiro atoms. The van der Waals surface area contributed by atoms with E-state index in [-0.39, 0.29) is 30.4 Å². The lowest BCUT2D eigenvalue weighted by atomic mass is 9.89. The average molecular weight is 597 g/mol. The van der Waals surface area contributed by atoms with Crippen LogP contribution in [0.3, 0.4) is 0 Å². The fourth-order valence-corrected chi connectivity index (χ4v) is 5.19. The van der Waals surface area contributed by atoms with Crippen LogP contribution in [-0.4, -0.2) is 34.3 Å². The smallest absolute Gasteiger partial charge is 0.310 e. The number of amides is 1. The first-order chi connectivity index (χ1) is 21.0. The Kier molecular flexibility index (Phi) is 11.0. The summed E-state index contributed by atoms with van der Waals surface area (Å²) >= 11 is 0. The molecule has 2 N–H and O–H groups in total. The first-order valence-electron chi connectivity index (χ1n) is 15.3. The Morgan fingerprint density at radius 3 is 2.23 bits per heavy atom. The van der Waals surface area contributed by atoms with Crippen molar-refractivity contribution >= 4 is 28.6 Å². The lowest BCUT2D eigenvalue weighted by molar-refractivity contribution is -0.161. The fraction of sp³-hybridized carbons (Fsp3) is 0.378. The third-order valence-corrected chi connectivity index (χ3v) is 7.30. The van der Waals surface area contributed by atoms with E-state index in [0.717, 1.165) is 33.3 Å². The third kappa shape index (κ3) is 9.83. The van der Waals surface area contributed by atoms with E-state index in [2.05, 4.69) is 10.3 Å². The Morgan fingerprint density at radius 2 is 1.55 bits per heavy atom. The molecule has 0 fully saturated rings. The highest BCUT2D eigenvalue weighted by Gasteiger charge is 2.31. The number of nitrogens with one attached hydrogen (secondary N) is 2. The summed E-state index contributed by atoms with van der Waals surface area (Å²) in [6.07, 6.45) is 2.76. The molecule has 0 radical (unpaired) electrons. The van der Waals surface area contributed by atoms with Gasteiger partial charge in [0.2, 0.25) is 5.91 Å². The molecule has 1 aromatic heterocycles. The molecule has 3 aromatic carbocycles. The van der Waals surface area contributed by atoms with Crippen molar-refractivity contribution < 1.29 is 23.9 Å². The van der Waals surface area contributed by atoms with Crippen LogP contribution in [0, 0.1) is 11.8 Å². The van der Waals surface area contributed by atoms with Crippen molar-refractivity contribution in [3.63, 3.8) is 0 Å². The van der Waals surface area contributed by atoms with Gasteiger partial charge in [0.25, 0.3) is 0 Å². The molecule has 0 bridgehead atoms. The second-order valence-corrected chi connectivity index (χ2v) is 12.8. The number of H-pyrrole nitrogens is 1. The van der Waals surface area contributed by atoms with Gasteiger partial charge in [-0.05, 0) is 74.4 Å². The largest absolute Gasteiger partial charge is 0.489 e. The number of benzene rings is 3. The molecule has 0 aliphatic heterocycles. The summed E-state index contributed by atoms with van der Waals surface area (Å²) < 4.78 is 11.6. The second kappa shape index (κ2) is 14.9. The minimum Gasteiger partial charge on any atom is -0.489 e. The van der Waals surface area contributed by atoms with Gasteiger partial charge in [0.1, 0.15) is 18.0 Å². The predicted molar refractivity (Wildman–Crippen MR) is 173 cm³/mol. The highest BCUT2D eigenvalue weighted by molar-refractivity contribution is 5.94. The standard InChI is InChI=1S/C37H44N2O5/c1-25(2)19-33(39-35(41)22-29-23-38-32-14-10-9-13-31(29)32)34(40)21-28(36(42)44-37(3,4)5)20-26-15-17-30(18-16-26)43-24-27-11-7-6-8-12-27/h6-18,23,25,28,33,38H,19-22,24H2,1-5H3,(H,39,41). The minimum atomic E-state index is -0.702. The number of aromatic amines is 1. The number of ketones is 1. The number of hydrogen-bond acceptors (Lipinski definition) is 5. The molecule has 7 nitrogen and oxygen atoms in total. The lowest BCUT2D eigenvalue weighted by Gasteiger charge is -2.26. The van der Waals surface area contributed by atoms with Crippen molar-refractivity contribution in [3.8, 4) is 5.75 Å². The molecule has 2 atom stereocenters. The van der Waals surface area contributed by atoms with E-state index < -0.39 is 23.5 Å². The first kappa shape index (κ1) is 32.5. The molecule has 1 heterocycles.